The van der Waals surface area contributed by atoms with Gasteiger partial charge >= 0.3 is 0 Å². The molecule has 1 saturated carbocycles. The maximum absolute atomic E-state index is 14.1. The molecule has 2 amide bonds. The SMILES string of the molecule is COc1ccc(S(=O)(=O)N(CC(=O)N(Cc2ccc(Cl)c(Cl)c2)[C@@H](C)C(=O)NC2CCCCC2)c2ccc(Cl)cc2)cc1. The highest BCUT2D eigenvalue weighted by Crippen LogP contribution is 2.28. The molecule has 1 aliphatic carbocycles. The van der Waals surface area contributed by atoms with E-state index in [1.807, 2.05) is 0 Å². The van der Waals surface area contributed by atoms with Crippen LogP contribution in [0, 0.1) is 0 Å². The van der Waals surface area contributed by atoms with Crippen LogP contribution in [0.15, 0.2) is 71.6 Å². The number of carbonyl (C=O) groups excluding carboxylic acids is 2. The van der Waals surface area contributed by atoms with E-state index in [0.717, 1.165) is 36.4 Å². The van der Waals surface area contributed by atoms with Crippen molar-refractivity contribution in [3.63, 3.8) is 0 Å². The summed E-state index contributed by atoms with van der Waals surface area (Å²) in [4.78, 5) is 28.9. The van der Waals surface area contributed by atoms with Crippen molar-refractivity contribution in [1.29, 1.82) is 0 Å². The Morgan fingerprint density at radius 3 is 2.19 bits per heavy atom. The summed E-state index contributed by atoms with van der Waals surface area (Å²) in [5.41, 5.74) is 0.874. The molecule has 0 unspecified atom stereocenters. The predicted octanol–water partition coefficient (Wildman–Crippen LogP) is 6.72. The minimum Gasteiger partial charge on any atom is -0.497 e. The van der Waals surface area contributed by atoms with E-state index in [1.54, 1.807) is 37.3 Å². The normalized spacial score (nSPS) is 14.5. The van der Waals surface area contributed by atoms with E-state index in [2.05, 4.69) is 5.32 Å². The quantitative estimate of drug-likeness (QED) is 0.245. The van der Waals surface area contributed by atoms with E-state index < -0.39 is 28.5 Å². The van der Waals surface area contributed by atoms with Gasteiger partial charge in [0.15, 0.2) is 0 Å². The van der Waals surface area contributed by atoms with Crippen molar-refractivity contribution in [1.82, 2.24) is 10.2 Å². The molecule has 1 aliphatic rings. The summed E-state index contributed by atoms with van der Waals surface area (Å²) >= 11 is 18.4. The van der Waals surface area contributed by atoms with Crippen LogP contribution in [-0.4, -0.2) is 50.9 Å². The molecule has 230 valence electrons. The number of ether oxygens (including phenoxy) is 1. The van der Waals surface area contributed by atoms with Crippen molar-refractivity contribution >= 4 is 62.3 Å². The molecule has 0 bridgehead atoms. The first-order chi connectivity index (χ1) is 20.5. The molecule has 8 nitrogen and oxygen atoms in total. The summed E-state index contributed by atoms with van der Waals surface area (Å²) in [5.74, 6) is -0.403. The van der Waals surface area contributed by atoms with Crippen molar-refractivity contribution in [3.05, 3.63) is 87.4 Å². The topological polar surface area (TPSA) is 96.0 Å². The molecule has 1 atom stereocenters. The minimum absolute atomic E-state index is 0.00597. The third-order valence-corrected chi connectivity index (χ3v) is 10.3. The fraction of sp³-hybridized carbons (Fsp3) is 0.355. The van der Waals surface area contributed by atoms with Gasteiger partial charge in [-0.3, -0.25) is 13.9 Å². The molecular weight excluding hydrogens is 633 g/mol. The Kier molecular flexibility index (Phi) is 11.2. The molecule has 43 heavy (non-hydrogen) atoms. The highest BCUT2D eigenvalue weighted by molar-refractivity contribution is 7.92. The summed E-state index contributed by atoms with van der Waals surface area (Å²) in [6.07, 6.45) is 4.95. The number of carbonyl (C=O) groups is 2. The van der Waals surface area contributed by atoms with Crippen molar-refractivity contribution in [3.8, 4) is 5.75 Å². The number of sulfonamides is 1. The summed E-state index contributed by atoms with van der Waals surface area (Å²) in [7, 11) is -2.74. The third-order valence-electron chi connectivity index (χ3n) is 7.50. The van der Waals surface area contributed by atoms with E-state index >= 15 is 0 Å². The molecule has 0 aliphatic heterocycles. The van der Waals surface area contributed by atoms with Crippen LogP contribution in [0.25, 0.3) is 0 Å². The molecule has 0 spiro atoms. The number of nitrogens with one attached hydrogen (secondary N) is 1. The van der Waals surface area contributed by atoms with E-state index in [-0.39, 0.29) is 29.1 Å². The van der Waals surface area contributed by atoms with Crippen molar-refractivity contribution < 1.29 is 22.7 Å². The number of benzene rings is 3. The number of anilines is 1. The molecule has 3 aromatic rings. The van der Waals surface area contributed by atoms with Crippen LogP contribution >= 0.6 is 34.8 Å². The first kappa shape index (κ1) is 32.9. The second kappa shape index (κ2) is 14.7. The van der Waals surface area contributed by atoms with Gasteiger partial charge in [0.05, 0.1) is 27.7 Å². The number of nitrogens with zero attached hydrogens (tertiary/aromatic N) is 2. The fourth-order valence-corrected chi connectivity index (χ4v) is 6.86. The zero-order valence-corrected chi connectivity index (χ0v) is 27.0. The minimum atomic E-state index is -4.23. The van der Waals surface area contributed by atoms with Crippen molar-refractivity contribution in [2.45, 2.75) is 62.6 Å². The van der Waals surface area contributed by atoms with Gasteiger partial charge in [0.1, 0.15) is 18.3 Å². The fourth-order valence-electron chi connectivity index (χ4n) is 5.00. The largest absolute Gasteiger partial charge is 0.497 e. The lowest BCUT2D eigenvalue weighted by Crippen LogP contribution is -2.53. The lowest BCUT2D eigenvalue weighted by Gasteiger charge is -2.33. The predicted molar refractivity (Wildman–Crippen MR) is 170 cm³/mol. The van der Waals surface area contributed by atoms with Gasteiger partial charge in [0.25, 0.3) is 10.0 Å². The molecule has 0 heterocycles. The van der Waals surface area contributed by atoms with Crippen LogP contribution in [0.2, 0.25) is 15.1 Å². The second-order valence-electron chi connectivity index (χ2n) is 10.5. The van der Waals surface area contributed by atoms with Crippen molar-refractivity contribution in [2.75, 3.05) is 18.0 Å². The molecule has 4 rings (SSSR count). The number of methoxy groups -OCH3 is 1. The van der Waals surface area contributed by atoms with Gasteiger partial charge in [0.2, 0.25) is 11.8 Å². The number of rotatable bonds is 11. The number of hydrogen-bond acceptors (Lipinski definition) is 5. The van der Waals surface area contributed by atoms with Gasteiger partial charge in [-0.2, -0.15) is 0 Å². The van der Waals surface area contributed by atoms with E-state index in [9.17, 15) is 18.0 Å². The zero-order chi connectivity index (χ0) is 31.1. The Hall–Kier alpha value is -2.98. The molecule has 0 saturated heterocycles. The average molecular weight is 667 g/mol. The first-order valence-corrected chi connectivity index (χ1v) is 16.5. The highest BCUT2D eigenvalue weighted by atomic mass is 35.5. The Labute approximate surface area is 267 Å². The van der Waals surface area contributed by atoms with E-state index in [0.29, 0.717) is 26.4 Å². The van der Waals surface area contributed by atoms with Crippen LogP contribution < -0.4 is 14.4 Å². The lowest BCUT2D eigenvalue weighted by molar-refractivity contribution is -0.139. The lowest BCUT2D eigenvalue weighted by atomic mass is 9.95. The second-order valence-corrected chi connectivity index (χ2v) is 13.6. The smallest absolute Gasteiger partial charge is 0.264 e. The van der Waals surface area contributed by atoms with Crippen LogP contribution in [0.5, 0.6) is 5.75 Å². The maximum atomic E-state index is 14.1. The first-order valence-electron chi connectivity index (χ1n) is 14.0. The molecule has 1 N–H and O–H groups in total. The summed E-state index contributed by atoms with van der Waals surface area (Å²) < 4.78 is 34.1. The van der Waals surface area contributed by atoms with Crippen LogP contribution in [0.4, 0.5) is 5.69 Å². The standard InChI is InChI=1S/C31H34Cl3N3O5S/c1-21(31(39)35-24-6-4-3-5-7-24)36(19-22-8-17-28(33)29(34)18-22)30(38)20-37(25-11-9-23(32)10-12-25)43(40,41)27-15-13-26(42-2)14-16-27/h8-18,21,24H,3-7,19-20H2,1-2H3,(H,35,39)/t21-/m0/s1. The van der Waals surface area contributed by atoms with Crippen LogP contribution in [-0.2, 0) is 26.2 Å². The number of amides is 2. The molecule has 12 heteroatoms. The van der Waals surface area contributed by atoms with E-state index in [1.165, 1.54) is 48.4 Å². The monoisotopic (exact) mass is 665 g/mol. The summed E-state index contributed by atoms with van der Waals surface area (Å²) in [6.45, 7) is 1.07. The average Bonchev–Trinajstić information content (AvgIpc) is 3.01. The zero-order valence-electron chi connectivity index (χ0n) is 23.9. The van der Waals surface area contributed by atoms with Crippen LogP contribution in [0.3, 0.4) is 0 Å². The van der Waals surface area contributed by atoms with Crippen LogP contribution in [0.1, 0.15) is 44.6 Å². The highest BCUT2D eigenvalue weighted by Gasteiger charge is 2.33. The molecular formula is C31H34Cl3N3O5S. The number of halogens is 3. The number of hydrogen-bond donors (Lipinski definition) is 1. The molecule has 1 fully saturated rings. The Balaban J connectivity index is 1.68. The summed E-state index contributed by atoms with van der Waals surface area (Å²) in [5, 5.41) is 4.14. The summed E-state index contributed by atoms with van der Waals surface area (Å²) in [6, 6.07) is 16.1. The third kappa shape index (κ3) is 8.35. The molecule has 0 aromatic heterocycles. The Morgan fingerprint density at radius 1 is 0.930 bits per heavy atom. The van der Waals surface area contributed by atoms with Crippen molar-refractivity contribution in [2.24, 2.45) is 0 Å². The molecule has 0 radical (unpaired) electrons. The Bertz CT molecular complexity index is 1530. The van der Waals surface area contributed by atoms with E-state index in [4.69, 9.17) is 39.5 Å². The van der Waals surface area contributed by atoms with Gasteiger partial charge in [-0.1, -0.05) is 60.1 Å². The van der Waals surface area contributed by atoms with Gasteiger partial charge in [-0.15, -0.1) is 0 Å². The van der Waals surface area contributed by atoms with Gasteiger partial charge in [-0.25, -0.2) is 8.42 Å². The molecule has 3 aromatic carbocycles. The van der Waals surface area contributed by atoms with Gasteiger partial charge in [0, 0.05) is 17.6 Å². The van der Waals surface area contributed by atoms with Gasteiger partial charge in [-0.05, 0) is 86.0 Å². The van der Waals surface area contributed by atoms with Gasteiger partial charge < -0.3 is 15.0 Å². The Morgan fingerprint density at radius 2 is 1.58 bits per heavy atom. The maximum Gasteiger partial charge on any atom is 0.264 e.